The minimum atomic E-state index is 0.304. The molecule has 2 heteroatoms. The van der Waals surface area contributed by atoms with Crippen LogP contribution in [-0.4, -0.2) is 16.7 Å². The molecule has 0 aliphatic rings. The number of unbranched alkanes of at least 4 members (excludes halogenated alkanes) is 2. The zero-order valence-electron chi connectivity index (χ0n) is 10.5. The van der Waals surface area contributed by atoms with Gasteiger partial charge in [0.05, 0.1) is 5.69 Å². The number of pyridine rings is 1. The van der Waals surface area contributed by atoms with Gasteiger partial charge in [-0.25, -0.2) is 0 Å². The molecule has 0 atom stereocenters. The predicted molar refractivity (Wildman–Crippen MR) is 74.3 cm³/mol. The third-order valence-corrected chi connectivity index (χ3v) is 3.04. The van der Waals surface area contributed by atoms with Crippen LogP contribution in [0.5, 0.6) is 0 Å². The third kappa shape index (κ3) is 3.67. The van der Waals surface area contributed by atoms with Gasteiger partial charge < -0.3 is 5.11 Å². The van der Waals surface area contributed by atoms with Crippen LogP contribution in [-0.2, 0) is 6.42 Å². The monoisotopic (exact) mass is 241 g/mol. The van der Waals surface area contributed by atoms with Crippen LogP contribution < -0.4 is 0 Å². The highest BCUT2D eigenvalue weighted by atomic mass is 16.2. The molecule has 2 nitrogen and oxygen atoms in total. The van der Waals surface area contributed by atoms with Crippen molar-refractivity contribution in [2.75, 3.05) is 6.61 Å². The van der Waals surface area contributed by atoms with Gasteiger partial charge in [0.2, 0.25) is 0 Å². The fraction of sp³-hybridized carbons (Fsp3) is 0.312. The molecule has 0 spiro atoms. The highest BCUT2D eigenvalue weighted by molar-refractivity contribution is 5.58. The first kappa shape index (κ1) is 12.8. The van der Waals surface area contributed by atoms with Crippen molar-refractivity contribution in [1.82, 2.24) is 4.98 Å². The Bertz CT molecular complexity index is 450. The molecule has 0 bridgehead atoms. The molecule has 94 valence electrons. The first-order valence-corrected chi connectivity index (χ1v) is 6.51. The zero-order chi connectivity index (χ0) is 12.6. The van der Waals surface area contributed by atoms with Crippen molar-refractivity contribution in [2.45, 2.75) is 25.7 Å². The van der Waals surface area contributed by atoms with Crippen LogP contribution >= 0.6 is 0 Å². The Kier molecular flexibility index (Phi) is 4.91. The smallest absolute Gasteiger partial charge is 0.0701 e. The summed E-state index contributed by atoms with van der Waals surface area (Å²) in [7, 11) is 0. The Morgan fingerprint density at radius 3 is 2.39 bits per heavy atom. The number of rotatable bonds is 6. The second-order valence-electron chi connectivity index (χ2n) is 4.45. The molecule has 0 saturated heterocycles. The van der Waals surface area contributed by atoms with E-state index >= 15 is 0 Å². The molecule has 18 heavy (non-hydrogen) atoms. The van der Waals surface area contributed by atoms with Crippen LogP contribution in [0.15, 0.2) is 48.7 Å². The highest BCUT2D eigenvalue weighted by Gasteiger charge is 1.98. The molecule has 0 saturated carbocycles. The van der Waals surface area contributed by atoms with Crippen molar-refractivity contribution in [3.8, 4) is 11.3 Å². The highest BCUT2D eigenvalue weighted by Crippen LogP contribution is 2.17. The number of benzene rings is 1. The Hall–Kier alpha value is -1.67. The van der Waals surface area contributed by atoms with E-state index in [4.69, 9.17) is 5.11 Å². The quantitative estimate of drug-likeness (QED) is 0.786. The van der Waals surface area contributed by atoms with Crippen molar-refractivity contribution < 1.29 is 5.11 Å². The van der Waals surface area contributed by atoms with E-state index in [1.165, 1.54) is 5.56 Å². The predicted octanol–water partition coefficient (Wildman–Crippen LogP) is 3.45. The molecule has 0 unspecified atom stereocenters. The molecule has 2 aromatic rings. The van der Waals surface area contributed by atoms with Gasteiger partial charge in [-0.05, 0) is 37.0 Å². The maximum Gasteiger partial charge on any atom is 0.0701 e. The van der Waals surface area contributed by atoms with Crippen molar-refractivity contribution in [1.29, 1.82) is 0 Å². The van der Waals surface area contributed by atoms with E-state index in [0.29, 0.717) is 6.61 Å². The number of aliphatic hydroxyl groups is 1. The summed E-state index contributed by atoms with van der Waals surface area (Å²) in [6.45, 7) is 0.304. The lowest BCUT2D eigenvalue weighted by molar-refractivity contribution is 0.283. The summed E-state index contributed by atoms with van der Waals surface area (Å²) in [5, 5.41) is 8.72. The van der Waals surface area contributed by atoms with Gasteiger partial charge in [-0.3, -0.25) is 4.98 Å². The first-order valence-electron chi connectivity index (χ1n) is 6.51. The number of hydrogen-bond acceptors (Lipinski definition) is 2. The molecule has 0 amide bonds. The molecule has 1 aromatic carbocycles. The first-order chi connectivity index (χ1) is 8.90. The van der Waals surface area contributed by atoms with Crippen molar-refractivity contribution in [2.24, 2.45) is 0 Å². The number of aryl methyl sites for hydroxylation is 1. The molecule has 0 fully saturated rings. The lowest BCUT2D eigenvalue weighted by Gasteiger charge is -2.04. The van der Waals surface area contributed by atoms with Gasteiger partial charge in [0.1, 0.15) is 0 Å². The van der Waals surface area contributed by atoms with Gasteiger partial charge in [0.15, 0.2) is 0 Å². The Balaban J connectivity index is 1.94. The number of nitrogens with zero attached hydrogens (tertiary/aromatic N) is 1. The third-order valence-electron chi connectivity index (χ3n) is 3.04. The van der Waals surface area contributed by atoms with E-state index in [9.17, 15) is 0 Å². The summed E-state index contributed by atoms with van der Waals surface area (Å²) in [6, 6.07) is 14.6. The van der Waals surface area contributed by atoms with Gasteiger partial charge in [0, 0.05) is 18.4 Å². The molecule has 0 aliphatic heterocycles. The minimum Gasteiger partial charge on any atom is -0.396 e. The SMILES string of the molecule is OCCCCCc1ccc(-c2ccccn2)cc1. The zero-order valence-corrected chi connectivity index (χ0v) is 10.5. The second-order valence-corrected chi connectivity index (χ2v) is 4.45. The molecule has 0 radical (unpaired) electrons. The van der Waals surface area contributed by atoms with Gasteiger partial charge in [0.25, 0.3) is 0 Å². The van der Waals surface area contributed by atoms with Gasteiger partial charge in [-0.15, -0.1) is 0 Å². The summed E-state index contributed by atoms with van der Waals surface area (Å²) in [4.78, 5) is 4.34. The van der Waals surface area contributed by atoms with Crippen LogP contribution in [0.1, 0.15) is 24.8 Å². The standard InChI is InChI=1S/C16H19NO/c18-13-5-1-2-6-14-8-10-15(11-9-14)16-7-3-4-12-17-16/h3-4,7-12,18H,1-2,5-6,13H2. The van der Waals surface area contributed by atoms with E-state index in [1.54, 1.807) is 0 Å². The summed E-state index contributed by atoms with van der Waals surface area (Å²) in [5.41, 5.74) is 3.53. The topological polar surface area (TPSA) is 33.1 Å². The maximum absolute atomic E-state index is 8.72. The number of aliphatic hydroxyl groups excluding tert-OH is 1. The van der Waals surface area contributed by atoms with E-state index in [0.717, 1.165) is 36.9 Å². The summed E-state index contributed by atoms with van der Waals surface area (Å²) < 4.78 is 0. The summed E-state index contributed by atoms with van der Waals surface area (Å²) in [5.74, 6) is 0. The summed E-state index contributed by atoms with van der Waals surface area (Å²) in [6.07, 6.45) is 6.05. The second kappa shape index (κ2) is 6.92. The average molecular weight is 241 g/mol. The Labute approximate surface area is 108 Å². The largest absolute Gasteiger partial charge is 0.396 e. The minimum absolute atomic E-state index is 0.304. The van der Waals surface area contributed by atoms with E-state index in [-0.39, 0.29) is 0 Å². The molecule has 1 N–H and O–H groups in total. The van der Waals surface area contributed by atoms with Crippen LogP contribution in [0.3, 0.4) is 0 Å². The van der Waals surface area contributed by atoms with Crippen LogP contribution in [0.25, 0.3) is 11.3 Å². The normalized spacial score (nSPS) is 10.5. The van der Waals surface area contributed by atoms with Crippen LogP contribution in [0.4, 0.5) is 0 Å². The molecular weight excluding hydrogens is 222 g/mol. The van der Waals surface area contributed by atoms with E-state index in [2.05, 4.69) is 29.2 Å². The van der Waals surface area contributed by atoms with Crippen molar-refractivity contribution >= 4 is 0 Å². The number of hydrogen-bond donors (Lipinski definition) is 1. The lowest BCUT2D eigenvalue weighted by Crippen LogP contribution is -1.89. The lowest BCUT2D eigenvalue weighted by atomic mass is 10.0. The van der Waals surface area contributed by atoms with Gasteiger partial charge >= 0.3 is 0 Å². The summed E-state index contributed by atoms with van der Waals surface area (Å²) >= 11 is 0. The number of aromatic nitrogens is 1. The average Bonchev–Trinajstić information content (AvgIpc) is 2.45. The molecule has 1 heterocycles. The Morgan fingerprint density at radius 1 is 0.889 bits per heavy atom. The van der Waals surface area contributed by atoms with Crippen LogP contribution in [0, 0.1) is 0 Å². The van der Waals surface area contributed by atoms with Gasteiger partial charge in [-0.2, -0.15) is 0 Å². The van der Waals surface area contributed by atoms with E-state index < -0.39 is 0 Å². The van der Waals surface area contributed by atoms with Crippen molar-refractivity contribution in [3.63, 3.8) is 0 Å². The van der Waals surface area contributed by atoms with E-state index in [1.807, 2.05) is 24.4 Å². The molecular formula is C16H19NO. The fourth-order valence-corrected chi connectivity index (χ4v) is 1.99. The van der Waals surface area contributed by atoms with Crippen LogP contribution in [0.2, 0.25) is 0 Å². The fourth-order valence-electron chi connectivity index (χ4n) is 1.99. The Morgan fingerprint density at radius 2 is 1.72 bits per heavy atom. The van der Waals surface area contributed by atoms with Gasteiger partial charge in [-0.1, -0.05) is 36.8 Å². The maximum atomic E-state index is 8.72. The molecule has 1 aromatic heterocycles. The molecule has 0 aliphatic carbocycles. The van der Waals surface area contributed by atoms with Crippen molar-refractivity contribution in [3.05, 3.63) is 54.2 Å². The molecule has 2 rings (SSSR count).